The lowest BCUT2D eigenvalue weighted by Gasteiger charge is -2.38. The van der Waals surface area contributed by atoms with Crippen LogP contribution in [-0.2, 0) is 4.74 Å². The van der Waals surface area contributed by atoms with Gasteiger partial charge in [0.05, 0.1) is 6.61 Å². The molecule has 0 amide bonds. The van der Waals surface area contributed by atoms with Crippen molar-refractivity contribution in [2.45, 2.75) is 52.4 Å². The lowest BCUT2D eigenvalue weighted by molar-refractivity contribution is 0.00428. The van der Waals surface area contributed by atoms with E-state index in [1.165, 1.54) is 45.1 Å². The minimum atomic E-state index is 0.479. The lowest BCUT2D eigenvalue weighted by Crippen LogP contribution is -2.43. The summed E-state index contributed by atoms with van der Waals surface area (Å²) in [7, 11) is 0. The molecule has 0 aromatic heterocycles. The van der Waals surface area contributed by atoms with E-state index in [-0.39, 0.29) is 0 Å². The third-order valence-electron chi connectivity index (χ3n) is 5.57. The third-order valence-corrected chi connectivity index (χ3v) is 5.57. The zero-order valence-corrected chi connectivity index (χ0v) is 12.8. The van der Waals surface area contributed by atoms with E-state index in [0.29, 0.717) is 5.41 Å². The summed E-state index contributed by atoms with van der Waals surface area (Å²) in [5.41, 5.74) is 0.479. The number of ether oxygens (including phenoxy) is 1. The number of nitrogens with one attached hydrogen (secondary N) is 1. The SMILES string of the molecule is CC(C)CNCC1(COCC2CC2)CC2CCC1C2. The van der Waals surface area contributed by atoms with Crippen LogP contribution in [-0.4, -0.2) is 26.3 Å². The fourth-order valence-electron chi connectivity index (χ4n) is 4.33. The smallest absolute Gasteiger partial charge is 0.0537 e. The lowest BCUT2D eigenvalue weighted by atomic mass is 9.73. The molecule has 3 rings (SSSR count). The van der Waals surface area contributed by atoms with Crippen LogP contribution < -0.4 is 5.32 Å². The molecule has 2 nitrogen and oxygen atoms in total. The van der Waals surface area contributed by atoms with Crippen LogP contribution in [0.4, 0.5) is 0 Å². The van der Waals surface area contributed by atoms with Gasteiger partial charge in [-0.15, -0.1) is 0 Å². The second-order valence-corrected chi connectivity index (χ2v) is 7.93. The molecular formula is C17H31NO. The Hall–Kier alpha value is -0.0800. The largest absolute Gasteiger partial charge is 0.381 e. The van der Waals surface area contributed by atoms with Crippen LogP contribution in [0.2, 0.25) is 0 Å². The normalized spacial score (nSPS) is 37.4. The first-order valence-electron chi connectivity index (χ1n) is 8.46. The van der Waals surface area contributed by atoms with Crippen LogP contribution in [0.25, 0.3) is 0 Å². The van der Waals surface area contributed by atoms with Gasteiger partial charge < -0.3 is 10.1 Å². The highest BCUT2D eigenvalue weighted by atomic mass is 16.5. The molecule has 19 heavy (non-hydrogen) atoms. The van der Waals surface area contributed by atoms with Crippen LogP contribution in [0.5, 0.6) is 0 Å². The van der Waals surface area contributed by atoms with Crippen molar-refractivity contribution in [3.63, 3.8) is 0 Å². The van der Waals surface area contributed by atoms with Crippen molar-refractivity contribution < 1.29 is 4.74 Å². The van der Waals surface area contributed by atoms with Crippen LogP contribution in [0.3, 0.4) is 0 Å². The van der Waals surface area contributed by atoms with E-state index in [2.05, 4.69) is 19.2 Å². The fourth-order valence-corrected chi connectivity index (χ4v) is 4.33. The predicted molar refractivity (Wildman–Crippen MR) is 79.1 cm³/mol. The second-order valence-electron chi connectivity index (χ2n) is 7.93. The molecule has 0 saturated heterocycles. The topological polar surface area (TPSA) is 21.3 Å². The molecule has 2 heteroatoms. The van der Waals surface area contributed by atoms with Crippen molar-refractivity contribution in [1.29, 1.82) is 0 Å². The highest BCUT2D eigenvalue weighted by molar-refractivity contribution is 5.01. The van der Waals surface area contributed by atoms with Crippen LogP contribution in [0.1, 0.15) is 52.4 Å². The summed E-state index contributed by atoms with van der Waals surface area (Å²) in [6.45, 7) is 8.99. The second kappa shape index (κ2) is 5.73. The molecule has 0 radical (unpaired) electrons. The van der Waals surface area contributed by atoms with Gasteiger partial charge in [-0.25, -0.2) is 0 Å². The van der Waals surface area contributed by atoms with Gasteiger partial charge in [-0.2, -0.15) is 0 Å². The van der Waals surface area contributed by atoms with Gasteiger partial charge in [-0.05, 0) is 62.3 Å². The molecule has 3 fully saturated rings. The zero-order chi connectivity index (χ0) is 13.3. The highest BCUT2D eigenvalue weighted by Gasteiger charge is 2.50. The van der Waals surface area contributed by atoms with Crippen LogP contribution >= 0.6 is 0 Å². The first-order chi connectivity index (χ1) is 9.18. The maximum Gasteiger partial charge on any atom is 0.0537 e. The van der Waals surface area contributed by atoms with E-state index >= 15 is 0 Å². The van der Waals surface area contributed by atoms with Crippen molar-refractivity contribution in [2.75, 3.05) is 26.3 Å². The maximum absolute atomic E-state index is 6.12. The summed E-state index contributed by atoms with van der Waals surface area (Å²) in [4.78, 5) is 0. The van der Waals surface area contributed by atoms with Crippen molar-refractivity contribution in [3.8, 4) is 0 Å². The van der Waals surface area contributed by atoms with Gasteiger partial charge in [-0.1, -0.05) is 20.3 Å². The number of rotatable bonds is 8. The summed E-state index contributed by atoms with van der Waals surface area (Å²) in [5.74, 6) is 3.61. The summed E-state index contributed by atoms with van der Waals surface area (Å²) >= 11 is 0. The van der Waals surface area contributed by atoms with Gasteiger partial charge >= 0.3 is 0 Å². The van der Waals surface area contributed by atoms with E-state index in [1.54, 1.807) is 0 Å². The maximum atomic E-state index is 6.12. The van der Waals surface area contributed by atoms with Gasteiger partial charge in [0, 0.05) is 18.6 Å². The van der Waals surface area contributed by atoms with Gasteiger partial charge in [0.25, 0.3) is 0 Å². The third kappa shape index (κ3) is 3.33. The van der Waals surface area contributed by atoms with Crippen LogP contribution in [0.15, 0.2) is 0 Å². The summed E-state index contributed by atoms with van der Waals surface area (Å²) < 4.78 is 6.12. The molecule has 0 aliphatic heterocycles. The van der Waals surface area contributed by atoms with Crippen molar-refractivity contribution in [2.24, 2.45) is 29.1 Å². The molecule has 2 bridgehead atoms. The Balaban J connectivity index is 1.51. The minimum Gasteiger partial charge on any atom is -0.381 e. The van der Waals surface area contributed by atoms with Gasteiger partial charge in [0.1, 0.15) is 0 Å². The molecule has 3 saturated carbocycles. The fraction of sp³-hybridized carbons (Fsp3) is 1.00. The quantitative estimate of drug-likeness (QED) is 0.725. The first kappa shape index (κ1) is 13.9. The van der Waals surface area contributed by atoms with E-state index in [0.717, 1.165) is 43.4 Å². The van der Waals surface area contributed by atoms with Crippen molar-refractivity contribution >= 4 is 0 Å². The van der Waals surface area contributed by atoms with Crippen molar-refractivity contribution in [3.05, 3.63) is 0 Å². The molecule has 3 atom stereocenters. The zero-order valence-electron chi connectivity index (χ0n) is 12.8. The number of hydrogen-bond acceptors (Lipinski definition) is 2. The van der Waals surface area contributed by atoms with Gasteiger partial charge in [0.2, 0.25) is 0 Å². The summed E-state index contributed by atoms with van der Waals surface area (Å²) in [5, 5.41) is 3.73. The van der Waals surface area contributed by atoms with Crippen LogP contribution in [0, 0.1) is 29.1 Å². The number of fused-ring (bicyclic) bond motifs is 2. The molecular weight excluding hydrogens is 234 g/mol. The molecule has 0 spiro atoms. The van der Waals surface area contributed by atoms with Gasteiger partial charge in [0.15, 0.2) is 0 Å². The minimum absolute atomic E-state index is 0.479. The molecule has 1 N–H and O–H groups in total. The summed E-state index contributed by atoms with van der Waals surface area (Å²) in [6, 6.07) is 0. The Morgan fingerprint density at radius 1 is 1.21 bits per heavy atom. The molecule has 3 unspecified atom stereocenters. The van der Waals surface area contributed by atoms with E-state index < -0.39 is 0 Å². The Labute approximate surface area is 118 Å². The van der Waals surface area contributed by atoms with E-state index in [4.69, 9.17) is 4.74 Å². The highest BCUT2D eigenvalue weighted by Crippen LogP contribution is 2.55. The average molecular weight is 265 g/mol. The summed E-state index contributed by atoms with van der Waals surface area (Å²) in [6.07, 6.45) is 8.67. The number of hydrogen-bond donors (Lipinski definition) is 1. The first-order valence-corrected chi connectivity index (χ1v) is 8.46. The molecule has 0 aromatic carbocycles. The molecule has 0 aromatic rings. The Morgan fingerprint density at radius 2 is 2.05 bits per heavy atom. The van der Waals surface area contributed by atoms with Crippen molar-refractivity contribution in [1.82, 2.24) is 5.32 Å². The Bertz CT molecular complexity index is 290. The monoisotopic (exact) mass is 265 g/mol. The predicted octanol–water partition coefficient (Wildman–Crippen LogP) is 3.47. The Kier molecular flexibility index (Phi) is 4.19. The standard InChI is InChI=1S/C17H31NO/c1-13(2)9-18-11-17(12-19-10-14-3-4-14)8-15-5-6-16(17)7-15/h13-16,18H,3-12H2,1-2H3. The van der Waals surface area contributed by atoms with Gasteiger partial charge in [-0.3, -0.25) is 0 Å². The van der Waals surface area contributed by atoms with E-state index in [1.807, 2.05) is 0 Å². The molecule has 0 heterocycles. The van der Waals surface area contributed by atoms with E-state index in [9.17, 15) is 0 Å². The molecule has 3 aliphatic rings. The Morgan fingerprint density at radius 3 is 2.63 bits per heavy atom. The average Bonchev–Trinajstić information content (AvgIpc) is 2.97. The molecule has 110 valence electrons. The molecule has 3 aliphatic carbocycles.